The summed E-state index contributed by atoms with van der Waals surface area (Å²) in [6.07, 6.45) is -3.84. The summed E-state index contributed by atoms with van der Waals surface area (Å²) in [7, 11) is 0. The van der Waals surface area contributed by atoms with Crippen LogP contribution in [0.25, 0.3) is 0 Å². The highest BCUT2D eigenvalue weighted by Crippen LogP contribution is 1.80. The zero-order valence-electron chi connectivity index (χ0n) is 3.61. The standard InChI is InChI=1S/C2H3NO5/c4-1(5)3(8)2(6)7/h8H,(H,4,5)(H,6,7). The summed E-state index contributed by atoms with van der Waals surface area (Å²) in [6.45, 7) is 0. The van der Waals surface area contributed by atoms with Crippen molar-refractivity contribution in [3.05, 3.63) is 0 Å². The van der Waals surface area contributed by atoms with E-state index >= 15 is 0 Å². The first-order valence-electron chi connectivity index (χ1n) is 1.50. The first kappa shape index (κ1) is 6.70. The van der Waals surface area contributed by atoms with Crippen molar-refractivity contribution in [1.82, 2.24) is 5.06 Å². The maximum atomic E-state index is 9.44. The molecule has 0 heterocycles. The van der Waals surface area contributed by atoms with E-state index in [0.717, 1.165) is 0 Å². The zero-order valence-corrected chi connectivity index (χ0v) is 3.61. The Morgan fingerprint density at radius 1 is 1.12 bits per heavy atom. The van der Waals surface area contributed by atoms with Crippen molar-refractivity contribution in [2.75, 3.05) is 0 Å². The van der Waals surface area contributed by atoms with E-state index < -0.39 is 17.2 Å². The van der Waals surface area contributed by atoms with Crippen LogP contribution in [0.3, 0.4) is 0 Å². The molecular weight excluding hydrogens is 118 g/mol. The van der Waals surface area contributed by atoms with Crippen molar-refractivity contribution >= 4 is 12.2 Å². The van der Waals surface area contributed by atoms with Crippen LogP contribution in [0, 0.1) is 0 Å². The predicted molar refractivity (Wildman–Crippen MR) is 19.7 cm³/mol. The lowest BCUT2D eigenvalue weighted by molar-refractivity contribution is -0.0427. The number of carbonyl (C=O) groups is 2. The number of hydroxylamine groups is 2. The van der Waals surface area contributed by atoms with Gasteiger partial charge in [0.25, 0.3) is 0 Å². The molecule has 0 spiro atoms. The molecule has 0 aromatic carbocycles. The van der Waals surface area contributed by atoms with Crippen LogP contribution in [-0.2, 0) is 0 Å². The van der Waals surface area contributed by atoms with E-state index in [9.17, 15) is 9.59 Å². The number of carboxylic acid groups (broad SMARTS) is 2. The molecule has 0 radical (unpaired) electrons. The van der Waals surface area contributed by atoms with Crippen LogP contribution in [0.4, 0.5) is 9.59 Å². The normalized spacial score (nSPS) is 8.12. The minimum Gasteiger partial charge on any atom is -0.463 e. The average molecular weight is 121 g/mol. The van der Waals surface area contributed by atoms with Gasteiger partial charge in [-0.05, 0) is 0 Å². The largest absolute Gasteiger partial charge is 0.463 e. The number of hydrogen-bond donors (Lipinski definition) is 3. The SMILES string of the molecule is O=C(O)N(O)C(=O)O. The maximum absolute atomic E-state index is 9.44. The predicted octanol–water partition coefficient (Wildman–Crippen LogP) is 0.0336. The lowest BCUT2D eigenvalue weighted by atomic mass is 11.0. The van der Waals surface area contributed by atoms with E-state index in [-0.39, 0.29) is 0 Å². The number of hydrogen-bond acceptors (Lipinski definition) is 3. The Labute approximate surface area is 43.5 Å². The summed E-state index contributed by atoms with van der Waals surface area (Å²) in [5.74, 6) is 0. The smallest absolute Gasteiger partial charge is 0.441 e. The van der Waals surface area contributed by atoms with Crippen LogP contribution in [0.2, 0.25) is 0 Å². The first-order chi connectivity index (χ1) is 3.55. The van der Waals surface area contributed by atoms with Gasteiger partial charge in [-0.2, -0.15) is 0 Å². The fraction of sp³-hybridized carbons (Fsp3) is 0. The van der Waals surface area contributed by atoms with Gasteiger partial charge in [-0.1, -0.05) is 5.06 Å². The second kappa shape index (κ2) is 2.12. The lowest BCUT2D eigenvalue weighted by Gasteiger charge is -1.99. The minimum absolute atomic E-state index is 0.833. The molecule has 0 bridgehead atoms. The fourth-order valence-corrected chi connectivity index (χ4v) is 0.0818. The second-order valence-electron chi connectivity index (χ2n) is 0.877. The van der Waals surface area contributed by atoms with Gasteiger partial charge in [-0.15, -0.1) is 0 Å². The molecule has 6 heteroatoms. The third kappa shape index (κ3) is 1.43. The molecule has 6 nitrogen and oxygen atoms in total. The van der Waals surface area contributed by atoms with Gasteiger partial charge in [0, 0.05) is 0 Å². The van der Waals surface area contributed by atoms with Crippen LogP contribution >= 0.6 is 0 Å². The van der Waals surface area contributed by atoms with E-state index in [1.54, 1.807) is 0 Å². The highest BCUT2D eigenvalue weighted by molar-refractivity contribution is 5.83. The molecular formula is C2H3NO5. The van der Waals surface area contributed by atoms with Crippen LogP contribution in [0.5, 0.6) is 0 Å². The molecule has 8 heavy (non-hydrogen) atoms. The van der Waals surface area contributed by atoms with E-state index in [4.69, 9.17) is 15.4 Å². The number of rotatable bonds is 0. The van der Waals surface area contributed by atoms with Crippen LogP contribution < -0.4 is 0 Å². The van der Waals surface area contributed by atoms with Crippen LogP contribution in [-0.4, -0.2) is 32.7 Å². The van der Waals surface area contributed by atoms with E-state index in [1.165, 1.54) is 0 Å². The van der Waals surface area contributed by atoms with E-state index in [2.05, 4.69) is 0 Å². The highest BCUT2D eigenvalue weighted by atomic mass is 16.6. The summed E-state index contributed by atoms with van der Waals surface area (Å²) in [5, 5.41) is 22.3. The maximum Gasteiger partial charge on any atom is 0.441 e. The fourth-order valence-electron chi connectivity index (χ4n) is 0.0818. The highest BCUT2D eigenvalue weighted by Gasteiger charge is 2.14. The molecule has 0 rings (SSSR count). The molecule has 3 N–H and O–H groups in total. The van der Waals surface area contributed by atoms with Crippen LogP contribution in [0.1, 0.15) is 0 Å². The molecule has 0 aromatic rings. The molecule has 0 aromatic heterocycles. The van der Waals surface area contributed by atoms with Gasteiger partial charge in [-0.25, -0.2) is 9.59 Å². The lowest BCUT2D eigenvalue weighted by Crippen LogP contribution is -2.30. The molecule has 0 saturated heterocycles. The third-order valence-corrected chi connectivity index (χ3v) is 0.362. The number of amides is 2. The van der Waals surface area contributed by atoms with Gasteiger partial charge >= 0.3 is 12.2 Å². The first-order valence-corrected chi connectivity index (χ1v) is 1.50. The minimum atomic E-state index is -1.92. The van der Waals surface area contributed by atoms with Crippen molar-refractivity contribution in [3.8, 4) is 0 Å². The van der Waals surface area contributed by atoms with Gasteiger partial charge in [-0.3, -0.25) is 5.21 Å². The van der Waals surface area contributed by atoms with Gasteiger partial charge in [0.15, 0.2) is 0 Å². The van der Waals surface area contributed by atoms with Crippen molar-refractivity contribution in [2.45, 2.75) is 0 Å². The van der Waals surface area contributed by atoms with Crippen molar-refractivity contribution < 1.29 is 25.0 Å². The third-order valence-electron chi connectivity index (χ3n) is 0.362. The van der Waals surface area contributed by atoms with Gasteiger partial charge < -0.3 is 10.2 Å². The number of nitrogens with zero attached hydrogens (tertiary/aromatic N) is 1. The Morgan fingerprint density at radius 2 is 1.38 bits per heavy atom. The van der Waals surface area contributed by atoms with Crippen molar-refractivity contribution in [1.29, 1.82) is 0 Å². The van der Waals surface area contributed by atoms with Gasteiger partial charge in [0.1, 0.15) is 0 Å². The quantitative estimate of drug-likeness (QED) is 0.310. The number of imide groups is 1. The van der Waals surface area contributed by atoms with E-state index in [0.29, 0.717) is 0 Å². The Kier molecular flexibility index (Phi) is 1.78. The molecule has 0 aliphatic rings. The molecule has 0 saturated carbocycles. The Morgan fingerprint density at radius 3 is 1.38 bits per heavy atom. The Hall–Kier alpha value is -1.30. The summed E-state index contributed by atoms with van der Waals surface area (Å²) in [5.41, 5.74) is 0. The second-order valence-corrected chi connectivity index (χ2v) is 0.877. The van der Waals surface area contributed by atoms with E-state index in [1.807, 2.05) is 0 Å². The molecule has 0 fully saturated rings. The van der Waals surface area contributed by atoms with Crippen LogP contribution in [0.15, 0.2) is 0 Å². The van der Waals surface area contributed by atoms with Crippen molar-refractivity contribution in [3.63, 3.8) is 0 Å². The molecule has 0 atom stereocenters. The summed E-state index contributed by atoms with van der Waals surface area (Å²) >= 11 is 0. The molecule has 46 valence electrons. The average Bonchev–Trinajstić information content (AvgIpc) is 1.64. The Bertz CT molecular complexity index is 106. The molecule has 2 amide bonds. The van der Waals surface area contributed by atoms with Gasteiger partial charge in [0.05, 0.1) is 0 Å². The monoisotopic (exact) mass is 121 g/mol. The zero-order chi connectivity index (χ0) is 6.73. The summed E-state index contributed by atoms with van der Waals surface area (Å²) < 4.78 is 0. The summed E-state index contributed by atoms with van der Waals surface area (Å²) in [4.78, 5) is 18.9. The topological polar surface area (TPSA) is 98.1 Å². The molecule has 0 aliphatic carbocycles. The Balaban J connectivity index is 3.83. The molecule has 0 aliphatic heterocycles. The summed E-state index contributed by atoms with van der Waals surface area (Å²) in [6, 6.07) is 0. The van der Waals surface area contributed by atoms with Gasteiger partial charge in [0.2, 0.25) is 0 Å². The molecule has 0 unspecified atom stereocenters. The van der Waals surface area contributed by atoms with Crippen molar-refractivity contribution in [2.24, 2.45) is 0 Å².